The third kappa shape index (κ3) is 3.50. The molecule has 1 saturated carbocycles. The average molecular weight is 297 g/mol. The second kappa shape index (κ2) is 6.67. The van der Waals surface area contributed by atoms with Gasteiger partial charge in [-0.25, -0.2) is 0 Å². The van der Waals surface area contributed by atoms with Crippen LogP contribution in [0.15, 0.2) is 53.4 Å². The van der Waals surface area contributed by atoms with E-state index in [1.165, 1.54) is 40.8 Å². The third-order valence-corrected chi connectivity index (χ3v) is 5.47. The first kappa shape index (κ1) is 14.7. The number of nitrogens with two attached hydrogens (primary N) is 1. The highest BCUT2D eigenvalue weighted by atomic mass is 32.2. The lowest BCUT2D eigenvalue weighted by Gasteiger charge is -2.29. The first-order valence-corrected chi connectivity index (χ1v) is 8.76. The maximum Gasteiger partial charge on any atom is 0.0393 e. The lowest BCUT2D eigenvalue weighted by atomic mass is 9.77. The normalized spacial score (nSPS) is 16.5. The quantitative estimate of drug-likeness (QED) is 0.781. The molecule has 0 saturated heterocycles. The molecule has 0 heterocycles. The number of benzene rings is 2. The van der Waals surface area contributed by atoms with Gasteiger partial charge in [-0.1, -0.05) is 48.4 Å². The Morgan fingerprint density at radius 2 is 1.95 bits per heavy atom. The number of aryl methyl sites for hydroxylation is 1. The SMILES string of the molecule is Cc1cccc(SCC(N)c2ccccc2C2CCC2)c1. The standard InChI is InChI=1S/C19H23NS/c1-14-6-4-9-16(12-14)21-13-19(20)18-11-3-2-10-17(18)15-7-5-8-15/h2-4,6,9-12,15,19H,5,7-8,13,20H2,1H3. The fourth-order valence-electron chi connectivity index (χ4n) is 2.92. The van der Waals surface area contributed by atoms with E-state index in [1.807, 2.05) is 11.8 Å². The molecule has 1 aliphatic rings. The van der Waals surface area contributed by atoms with Gasteiger partial charge in [-0.3, -0.25) is 0 Å². The molecule has 2 heteroatoms. The van der Waals surface area contributed by atoms with Crippen molar-refractivity contribution in [3.05, 3.63) is 65.2 Å². The minimum Gasteiger partial charge on any atom is -0.323 e. The maximum absolute atomic E-state index is 6.48. The maximum atomic E-state index is 6.48. The van der Waals surface area contributed by atoms with Crippen LogP contribution in [-0.2, 0) is 0 Å². The highest BCUT2D eigenvalue weighted by Crippen LogP contribution is 2.39. The minimum atomic E-state index is 0.118. The Balaban J connectivity index is 1.69. The third-order valence-electron chi connectivity index (χ3n) is 4.36. The molecule has 0 spiro atoms. The van der Waals surface area contributed by atoms with Crippen LogP contribution in [0.4, 0.5) is 0 Å². The van der Waals surface area contributed by atoms with Crippen molar-refractivity contribution < 1.29 is 0 Å². The fraction of sp³-hybridized carbons (Fsp3) is 0.368. The van der Waals surface area contributed by atoms with E-state index in [0.717, 1.165) is 11.7 Å². The van der Waals surface area contributed by atoms with Gasteiger partial charge in [0.15, 0.2) is 0 Å². The van der Waals surface area contributed by atoms with E-state index in [9.17, 15) is 0 Å². The van der Waals surface area contributed by atoms with Gasteiger partial charge in [0.05, 0.1) is 0 Å². The summed E-state index contributed by atoms with van der Waals surface area (Å²) >= 11 is 1.86. The molecule has 3 rings (SSSR count). The Morgan fingerprint density at radius 1 is 1.14 bits per heavy atom. The van der Waals surface area contributed by atoms with E-state index in [2.05, 4.69) is 55.5 Å². The van der Waals surface area contributed by atoms with Crippen LogP contribution in [0.3, 0.4) is 0 Å². The summed E-state index contributed by atoms with van der Waals surface area (Å²) in [6, 6.07) is 17.5. The predicted octanol–water partition coefficient (Wildman–Crippen LogP) is 5.05. The smallest absolute Gasteiger partial charge is 0.0393 e. The summed E-state index contributed by atoms with van der Waals surface area (Å²) in [5.41, 5.74) is 10.6. The van der Waals surface area contributed by atoms with Crippen molar-refractivity contribution in [1.29, 1.82) is 0 Å². The summed E-state index contributed by atoms with van der Waals surface area (Å²) in [6.07, 6.45) is 4.02. The van der Waals surface area contributed by atoms with Crippen LogP contribution >= 0.6 is 11.8 Å². The number of rotatable bonds is 5. The molecular weight excluding hydrogens is 274 g/mol. The first-order chi connectivity index (χ1) is 10.2. The average Bonchev–Trinajstić information content (AvgIpc) is 2.44. The zero-order valence-corrected chi connectivity index (χ0v) is 13.4. The molecule has 0 radical (unpaired) electrons. The number of thioether (sulfide) groups is 1. The molecule has 1 atom stereocenters. The Labute approximate surface area is 132 Å². The van der Waals surface area contributed by atoms with Crippen LogP contribution in [0.5, 0.6) is 0 Å². The van der Waals surface area contributed by atoms with Crippen molar-refractivity contribution in [2.24, 2.45) is 5.73 Å². The van der Waals surface area contributed by atoms with E-state index in [-0.39, 0.29) is 6.04 Å². The molecular formula is C19H23NS. The molecule has 1 unspecified atom stereocenters. The molecule has 1 aliphatic carbocycles. The highest BCUT2D eigenvalue weighted by molar-refractivity contribution is 7.99. The molecule has 0 amide bonds. The van der Waals surface area contributed by atoms with Crippen molar-refractivity contribution in [2.75, 3.05) is 5.75 Å². The molecule has 2 aromatic rings. The highest BCUT2D eigenvalue weighted by Gasteiger charge is 2.23. The van der Waals surface area contributed by atoms with E-state index in [4.69, 9.17) is 5.73 Å². The molecule has 2 N–H and O–H groups in total. The number of hydrogen-bond donors (Lipinski definition) is 1. The van der Waals surface area contributed by atoms with Crippen molar-refractivity contribution >= 4 is 11.8 Å². The van der Waals surface area contributed by atoms with Gasteiger partial charge in [0, 0.05) is 16.7 Å². The van der Waals surface area contributed by atoms with Gasteiger partial charge in [0.2, 0.25) is 0 Å². The Morgan fingerprint density at radius 3 is 2.67 bits per heavy atom. The Kier molecular flexibility index (Phi) is 4.67. The van der Waals surface area contributed by atoms with Gasteiger partial charge in [-0.2, -0.15) is 0 Å². The molecule has 0 aliphatic heterocycles. The molecule has 21 heavy (non-hydrogen) atoms. The summed E-state index contributed by atoms with van der Waals surface area (Å²) in [5, 5.41) is 0. The van der Waals surface area contributed by atoms with Crippen LogP contribution in [0.2, 0.25) is 0 Å². The van der Waals surface area contributed by atoms with Gasteiger partial charge in [-0.05, 0) is 48.9 Å². The summed E-state index contributed by atoms with van der Waals surface area (Å²) in [6.45, 7) is 2.13. The van der Waals surface area contributed by atoms with Crippen molar-refractivity contribution in [3.63, 3.8) is 0 Å². The van der Waals surface area contributed by atoms with Crippen LogP contribution in [0.25, 0.3) is 0 Å². The second-order valence-corrected chi connectivity index (χ2v) is 7.08. The lowest BCUT2D eigenvalue weighted by Crippen LogP contribution is -2.19. The van der Waals surface area contributed by atoms with Gasteiger partial charge >= 0.3 is 0 Å². The predicted molar refractivity (Wildman–Crippen MR) is 91.9 cm³/mol. The van der Waals surface area contributed by atoms with E-state index in [1.54, 1.807) is 0 Å². The topological polar surface area (TPSA) is 26.0 Å². The van der Waals surface area contributed by atoms with Crippen LogP contribution in [0, 0.1) is 6.92 Å². The molecule has 110 valence electrons. The van der Waals surface area contributed by atoms with Crippen molar-refractivity contribution in [2.45, 2.75) is 43.0 Å². The summed E-state index contributed by atoms with van der Waals surface area (Å²) < 4.78 is 0. The zero-order valence-electron chi connectivity index (χ0n) is 12.6. The van der Waals surface area contributed by atoms with Crippen LogP contribution in [-0.4, -0.2) is 5.75 Å². The molecule has 0 bridgehead atoms. The summed E-state index contributed by atoms with van der Waals surface area (Å²) in [4.78, 5) is 1.31. The molecule has 1 fully saturated rings. The molecule has 1 nitrogen and oxygen atoms in total. The monoisotopic (exact) mass is 297 g/mol. The number of hydrogen-bond acceptors (Lipinski definition) is 2. The van der Waals surface area contributed by atoms with Crippen LogP contribution < -0.4 is 5.73 Å². The van der Waals surface area contributed by atoms with Crippen molar-refractivity contribution in [3.8, 4) is 0 Å². The lowest BCUT2D eigenvalue weighted by molar-refractivity contribution is 0.416. The van der Waals surface area contributed by atoms with Gasteiger partial charge in [0.25, 0.3) is 0 Å². The minimum absolute atomic E-state index is 0.118. The van der Waals surface area contributed by atoms with Crippen LogP contribution in [0.1, 0.15) is 47.9 Å². The Hall–Kier alpha value is -1.25. The Bertz CT molecular complexity index is 604. The summed E-state index contributed by atoms with van der Waals surface area (Å²) in [7, 11) is 0. The van der Waals surface area contributed by atoms with E-state index >= 15 is 0 Å². The van der Waals surface area contributed by atoms with Crippen molar-refractivity contribution in [1.82, 2.24) is 0 Å². The van der Waals surface area contributed by atoms with Gasteiger partial charge < -0.3 is 5.73 Å². The summed E-state index contributed by atoms with van der Waals surface area (Å²) in [5.74, 6) is 1.68. The molecule has 0 aromatic heterocycles. The zero-order chi connectivity index (χ0) is 14.7. The van der Waals surface area contributed by atoms with Gasteiger partial charge in [0.1, 0.15) is 0 Å². The largest absolute Gasteiger partial charge is 0.323 e. The van der Waals surface area contributed by atoms with Gasteiger partial charge in [-0.15, -0.1) is 11.8 Å². The first-order valence-electron chi connectivity index (χ1n) is 7.78. The second-order valence-electron chi connectivity index (χ2n) is 5.99. The molecule has 2 aromatic carbocycles. The van der Waals surface area contributed by atoms with E-state index in [0.29, 0.717) is 0 Å². The fourth-order valence-corrected chi connectivity index (χ4v) is 3.92. The van der Waals surface area contributed by atoms with E-state index < -0.39 is 0 Å².